The van der Waals surface area contributed by atoms with Crippen LogP contribution in [-0.2, 0) is 9.53 Å². The number of fused-ring (bicyclic) bond motifs is 1. The molecule has 0 spiro atoms. The molecule has 1 fully saturated rings. The highest BCUT2D eigenvalue weighted by Crippen LogP contribution is 2.23. The summed E-state index contributed by atoms with van der Waals surface area (Å²) in [6.45, 7) is 1.08. The number of carbonyl (C=O) groups excluding carboxylic acids is 1. The molecule has 1 saturated heterocycles. The maximum atomic E-state index is 11.1. The Labute approximate surface area is 78.6 Å². The van der Waals surface area contributed by atoms with Gasteiger partial charge >= 0.3 is 5.97 Å². The molecule has 0 amide bonds. The Bertz CT molecular complexity index is 283. The molecule has 2 aliphatic rings. The summed E-state index contributed by atoms with van der Waals surface area (Å²) in [6.07, 6.45) is 2.91. The number of esters is 1. The number of rotatable bonds is 0. The molecule has 3 nitrogen and oxygen atoms in total. The molecule has 0 radical (unpaired) electrons. The van der Waals surface area contributed by atoms with E-state index >= 15 is 0 Å². The Morgan fingerprint density at radius 1 is 1.67 bits per heavy atom. The number of hydrogen-bond donors (Lipinski definition) is 0. The highest BCUT2D eigenvalue weighted by Gasteiger charge is 2.29. The smallest absolute Gasteiger partial charge is 0.352 e. The van der Waals surface area contributed by atoms with Crippen molar-refractivity contribution in [2.45, 2.75) is 6.42 Å². The molecule has 4 heteroatoms. The standard InChI is InChI=1S/C8H8BrNO2/c9-6-3-5-1-2-12-8(11)7(5)10-4-6/h3,5H,1-2,4H2. The highest BCUT2D eigenvalue weighted by atomic mass is 79.9. The highest BCUT2D eigenvalue weighted by molar-refractivity contribution is 9.11. The van der Waals surface area contributed by atoms with Gasteiger partial charge in [-0.15, -0.1) is 0 Å². The molecule has 0 aromatic rings. The number of ether oxygens (including phenoxy) is 1. The van der Waals surface area contributed by atoms with Gasteiger partial charge in [0.05, 0.1) is 13.2 Å². The SMILES string of the molecule is O=C1OCCC2C=C(Br)CN=C12. The number of allylic oxidation sites excluding steroid dienone is 1. The van der Waals surface area contributed by atoms with Crippen LogP contribution in [0.3, 0.4) is 0 Å². The zero-order valence-corrected chi connectivity index (χ0v) is 8.00. The molecular formula is C8H8BrNO2. The van der Waals surface area contributed by atoms with Gasteiger partial charge in [0.15, 0.2) is 0 Å². The van der Waals surface area contributed by atoms with Gasteiger partial charge < -0.3 is 4.74 Å². The molecule has 64 valence electrons. The topological polar surface area (TPSA) is 38.7 Å². The first-order valence-corrected chi connectivity index (χ1v) is 4.64. The number of aliphatic imine (C=N–C) groups is 1. The first-order valence-electron chi connectivity index (χ1n) is 3.85. The van der Waals surface area contributed by atoms with Crippen molar-refractivity contribution in [3.05, 3.63) is 10.6 Å². The molecule has 1 atom stereocenters. The minimum Gasteiger partial charge on any atom is -0.461 e. The van der Waals surface area contributed by atoms with E-state index < -0.39 is 0 Å². The molecule has 2 aliphatic heterocycles. The number of dihydropyridines is 1. The van der Waals surface area contributed by atoms with Crippen molar-refractivity contribution in [1.82, 2.24) is 0 Å². The third-order valence-corrected chi connectivity index (χ3v) is 2.52. The maximum absolute atomic E-state index is 11.1. The van der Waals surface area contributed by atoms with Crippen molar-refractivity contribution in [2.24, 2.45) is 10.9 Å². The summed E-state index contributed by atoms with van der Waals surface area (Å²) in [5, 5.41) is 0. The van der Waals surface area contributed by atoms with E-state index in [0.29, 0.717) is 18.9 Å². The van der Waals surface area contributed by atoms with Crippen LogP contribution in [0.5, 0.6) is 0 Å². The minimum atomic E-state index is -0.248. The largest absolute Gasteiger partial charge is 0.461 e. The fourth-order valence-electron chi connectivity index (χ4n) is 1.42. The van der Waals surface area contributed by atoms with Crippen LogP contribution in [0.1, 0.15) is 6.42 Å². The zero-order chi connectivity index (χ0) is 8.55. The van der Waals surface area contributed by atoms with Gasteiger partial charge in [-0.25, -0.2) is 4.79 Å². The number of halogens is 1. The fraction of sp³-hybridized carbons (Fsp3) is 0.500. The van der Waals surface area contributed by atoms with E-state index in [4.69, 9.17) is 4.74 Å². The second kappa shape index (κ2) is 3.01. The van der Waals surface area contributed by atoms with E-state index in [1.165, 1.54) is 0 Å². The second-order valence-corrected chi connectivity index (χ2v) is 3.86. The van der Waals surface area contributed by atoms with Crippen molar-refractivity contribution in [2.75, 3.05) is 13.2 Å². The molecule has 0 saturated carbocycles. The summed E-state index contributed by atoms with van der Waals surface area (Å²) in [5.74, 6) is -0.0723. The average molecular weight is 230 g/mol. The lowest BCUT2D eigenvalue weighted by Gasteiger charge is -2.23. The molecule has 0 aromatic carbocycles. The maximum Gasteiger partial charge on any atom is 0.352 e. The Kier molecular flexibility index (Phi) is 2.00. The van der Waals surface area contributed by atoms with E-state index in [9.17, 15) is 4.79 Å². The first-order chi connectivity index (χ1) is 5.77. The molecule has 2 rings (SSSR count). The number of nitrogens with zero attached hydrogens (tertiary/aromatic N) is 1. The normalized spacial score (nSPS) is 28.4. The lowest BCUT2D eigenvalue weighted by molar-refractivity contribution is -0.137. The Hall–Kier alpha value is -0.640. The molecule has 0 bridgehead atoms. The average Bonchev–Trinajstić information content (AvgIpc) is 2.04. The van der Waals surface area contributed by atoms with Crippen molar-refractivity contribution < 1.29 is 9.53 Å². The summed E-state index contributed by atoms with van der Waals surface area (Å²) >= 11 is 3.37. The quantitative estimate of drug-likeness (QED) is 0.588. The molecule has 1 unspecified atom stereocenters. The molecule has 0 aromatic heterocycles. The molecular weight excluding hydrogens is 222 g/mol. The molecule has 12 heavy (non-hydrogen) atoms. The number of carbonyl (C=O) groups is 1. The van der Waals surface area contributed by atoms with Gasteiger partial charge in [0, 0.05) is 10.4 Å². The summed E-state index contributed by atoms with van der Waals surface area (Å²) in [4.78, 5) is 15.3. The van der Waals surface area contributed by atoms with Crippen molar-refractivity contribution >= 4 is 27.6 Å². The predicted molar refractivity (Wildman–Crippen MR) is 48.4 cm³/mol. The summed E-state index contributed by atoms with van der Waals surface area (Å²) < 4.78 is 5.93. The summed E-state index contributed by atoms with van der Waals surface area (Å²) in [5.41, 5.74) is 0.587. The lowest BCUT2D eigenvalue weighted by Crippen LogP contribution is -2.33. The van der Waals surface area contributed by atoms with Crippen LogP contribution in [0.25, 0.3) is 0 Å². The monoisotopic (exact) mass is 229 g/mol. The van der Waals surface area contributed by atoms with Gasteiger partial charge in [-0.2, -0.15) is 0 Å². The van der Waals surface area contributed by atoms with Crippen molar-refractivity contribution in [3.8, 4) is 0 Å². The first kappa shape index (κ1) is 7.98. The van der Waals surface area contributed by atoms with Crippen molar-refractivity contribution in [1.29, 1.82) is 0 Å². The van der Waals surface area contributed by atoms with Gasteiger partial charge in [0.2, 0.25) is 0 Å². The predicted octanol–water partition coefficient (Wildman–Crippen LogP) is 1.28. The minimum absolute atomic E-state index is 0.175. The molecule has 2 heterocycles. The summed E-state index contributed by atoms with van der Waals surface area (Å²) in [6, 6.07) is 0. The van der Waals surface area contributed by atoms with E-state index in [1.807, 2.05) is 6.08 Å². The van der Waals surface area contributed by atoms with Gasteiger partial charge in [-0.3, -0.25) is 4.99 Å². The Morgan fingerprint density at radius 3 is 3.33 bits per heavy atom. The van der Waals surface area contributed by atoms with Crippen molar-refractivity contribution in [3.63, 3.8) is 0 Å². The van der Waals surface area contributed by atoms with Crippen LogP contribution in [0.2, 0.25) is 0 Å². The second-order valence-electron chi connectivity index (χ2n) is 2.85. The zero-order valence-electron chi connectivity index (χ0n) is 6.42. The van der Waals surface area contributed by atoms with Gasteiger partial charge in [-0.05, 0) is 6.42 Å². The van der Waals surface area contributed by atoms with Crippen LogP contribution in [0.4, 0.5) is 0 Å². The van der Waals surface area contributed by atoms with Gasteiger partial charge in [-0.1, -0.05) is 22.0 Å². The third-order valence-electron chi connectivity index (χ3n) is 2.00. The lowest BCUT2D eigenvalue weighted by atomic mass is 9.95. The Morgan fingerprint density at radius 2 is 2.50 bits per heavy atom. The van der Waals surface area contributed by atoms with Crippen LogP contribution in [-0.4, -0.2) is 24.8 Å². The van der Waals surface area contributed by atoms with Crippen LogP contribution in [0.15, 0.2) is 15.6 Å². The Balaban J connectivity index is 2.25. The van der Waals surface area contributed by atoms with E-state index in [1.54, 1.807) is 0 Å². The third kappa shape index (κ3) is 1.31. The van der Waals surface area contributed by atoms with Crippen LogP contribution < -0.4 is 0 Å². The molecule has 0 aliphatic carbocycles. The van der Waals surface area contributed by atoms with E-state index in [2.05, 4.69) is 20.9 Å². The van der Waals surface area contributed by atoms with Gasteiger partial charge in [0.25, 0.3) is 0 Å². The molecule has 0 N–H and O–H groups in total. The summed E-state index contributed by atoms with van der Waals surface area (Å²) in [7, 11) is 0. The van der Waals surface area contributed by atoms with Crippen LogP contribution in [0, 0.1) is 5.92 Å². The van der Waals surface area contributed by atoms with Crippen LogP contribution >= 0.6 is 15.9 Å². The van der Waals surface area contributed by atoms with Gasteiger partial charge in [0.1, 0.15) is 5.71 Å². The number of cyclic esters (lactones) is 1. The number of hydrogen-bond acceptors (Lipinski definition) is 3. The van der Waals surface area contributed by atoms with E-state index in [0.717, 1.165) is 10.9 Å². The fourth-order valence-corrected chi connectivity index (χ4v) is 1.86. The van der Waals surface area contributed by atoms with E-state index in [-0.39, 0.29) is 11.9 Å².